The lowest BCUT2D eigenvalue weighted by Crippen LogP contribution is -2.28. The Morgan fingerprint density at radius 3 is 2.25 bits per heavy atom. The summed E-state index contributed by atoms with van der Waals surface area (Å²) in [6.07, 6.45) is 3.14. The van der Waals surface area contributed by atoms with Gasteiger partial charge >= 0.3 is 0 Å². The molecule has 0 aliphatic heterocycles. The molecule has 0 saturated heterocycles. The molecule has 1 heterocycles. The Balaban J connectivity index is 2.83. The minimum Gasteiger partial charge on any atom is -0.338 e. The fraction of sp³-hybridized carbons (Fsp3) is 0.667. The summed E-state index contributed by atoms with van der Waals surface area (Å²) < 4.78 is 2.28. The van der Waals surface area contributed by atoms with Crippen LogP contribution < -0.4 is 0 Å². The molecule has 0 aliphatic carbocycles. The zero-order valence-corrected chi connectivity index (χ0v) is 9.68. The quantitative estimate of drug-likeness (QED) is 0.642. The van der Waals surface area contributed by atoms with Crippen molar-refractivity contribution < 1.29 is 0 Å². The zero-order valence-electron chi connectivity index (χ0n) is 8.68. The Morgan fingerprint density at radius 2 is 1.92 bits per heavy atom. The SMILES string of the molecule is Cc1ncn(C[Si](C)(C)C)c1C. The van der Waals surface area contributed by atoms with Gasteiger partial charge in [0.25, 0.3) is 0 Å². The van der Waals surface area contributed by atoms with Crippen LogP contribution in [0.3, 0.4) is 0 Å². The van der Waals surface area contributed by atoms with Crippen molar-refractivity contribution in [2.45, 2.75) is 39.7 Å². The first-order chi connectivity index (χ1) is 5.40. The van der Waals surface area contributed by atoms with Gasteiger partial charge in [0.05, 0.1) is 20.1 Å². The molecule has 0 aliphatic rings. The van der Waals surface area contributed by atoms with Crippen molar-refractivity contribution in [3.8, 4) is 0 Å². The summed E-state index contributed by atoms with van der Waals surface area (Å²) in [7, 11) is -0.993. The lowest BCUT2D eigenvalue weighted by Gasteiger charge is -2.17. The van der Waals surface area contributed by atoms with Gasteiger partial charge in [-0.2, -0.15) is 0 Å². The maximum atomic E-state index is 4.29. The van der Waals surface area contributed by atoms with Crippen LogP contribution in [0.5, 0.6) is 0 Å². The van der Waals surface area contributed by atoms with Crippen LogP contribution in [0, 0.1) is 13.8 Å². The third-order valence-electron chi connectivity index (χ3n) is 1.99. The average Bonchev–Trinajstić information content (AvgIpc) is 2.16. The van der Waals surface area contributed by atoms with Gasteiger partial charge < -0.3 is 4.57 Å². The molecule has 0 saturated carbocycles. The number of aryl methyl sites for hydroxylation is 1. The van der Waals surface area contributed by atoms with E-state index in [1.165, 1.54) is 11.9 Å². The van der Waals surface area contributed by atoms with Crippen molar-refractivity contribution in [1.29, 1.82) is 0 Å². The molecule has 1 aromatic rings. The van der Waals surface area contributed by atoms with Gasteiger partial charge in [0, 0.05) is 11.9 Å². The zero-order chi connectivity index (χ0) is 9.35. The molecule has 0 unspecified atom stereocenters. The number of aromatic nitrogens is 2. The molecule has 2 nitrogen and oxygen atoms in total. The molecule has 1 aromatic heterocycles. The summed E-state index contributed by atoms with van der Waals surface area (Å²) in [6, 6.07) is 0. The molecule has 3 heteroatoms. The van der Waals surface area contributed by atoms with Gasteiger partial charge in [-0.25, -0.2) is 4.98 Å². The third-order valence-corrected chi connectivity index (χ3v) is 3.28. The summed E-state index contributed by atoms with van der Waals surface area (Å²) >= 11 is 0. The highest BCUT2D eigenvalue weighted by Crippen LogP contribution is 2.09. The Labute approximate surface area is 75.6 Å². The van der Waals surface area contributed by atoms with Crippen LogP contribution in [0.15, 0.2) is 6.33 Å². The predicted octanol–water partition coefficient (Wildman–Crippen LogP) is 2.38. The molecular formula is C9H18N2Si. The highest BCUT2D eigenvalue weighted by atomic mass is 28.3. The highest BCUT2D eigenvalue weighted by Gasteiger charge is 2.15. The van der Waals surface area contributed by atoms with Crippen LogP contribution >= 0.6 is 0 Å². The van der Waals surface area contributed by atoms with Gasteiger partial charge in [-0.1, -0.05) is 19.6 Å². The van der Waals surface area contributed by atoms with Crippen molar-refractivity contribution >= 4 is 8.07 Å². The van der Waals surface area contributed by atoms with Gasteiger partial charge in [0.2, 0.25) is 0 Å². The van der Waals surface area contributed by atoms with Crippen LogP contribution in [0.4, 0.5) is 0 Å². The fourth-order valence-corrected chi connectivity index (χ4v) is 2.56. The summed E-state index contributed by atoms with van der Waals surface area (Å²) in [5.41, 5.74) is 2.48. The lowest BCUT2D eigenvalue weighted by molar-refractivity contribution is 0.817. The van der Waals surface area contributed by atoms with Crippen LogP contribution in [0.1, 0.15) is 11.4 Å². The first-order valence-corrected chi connectivity index (χ1v) is 8.09. The minimum atomic E-state index is -0.993. The number of rotatable bonds is 2. The molecule has 0 fully saturated rings. The average molecular weight is 182 g/mol. The third kappa shape index (κ3) is 2.20. The molecule has 0 N–H and O–H groups in total. The van der Waals surface area contributed by atoms with Gasteiger partial charge in [-0.05, 0) is 13.8 Å². The van der Waals surface area contributed by atoms with Gasteiger partial charge in [0.15, 0.2) is 0 Å². The molecule has 12 heavy (non-hydrogen) atoms. The summed E-state index contributed by atoms with van der Waals surface area (Å²) in [5, 5.41) is 0. The first-order valence-electron chi connectivity index (χ1n) is 4.38. The normalized spacial score (nSPS) is 12.1. The van der Waals surface area contributed by atoms with Crippen LogP contribution in [-0.4, -0.2) is 17.6 Å². The Hall–Kier alpha value is -0.573. The van der Waals surface area contributed by atoms with E-state index in [0.717, 1.165) is 5.69 Å². The molecule has 0 radical (unpaired) electrons. The lowest BCUT2D eigenvalue weighted by atomic mass is 10.4. The number of hydrogen-bond donors (Lipinski definition) is 0. The smallest absolute Gasteiger partial charge is 0.0948 e. The second kappa shape index (κ2) is 3.05. The van der Waals surface area contributed by atoms with Crippen LogP contribution in [0.2, 0.25) is 19.6 Å². The molecule has 0 bridgehead atoms. The standard InChI is InChI=1S/C9H18N2Si/c1-8-9(2)11(6-10-8)7-12(3,4)5/h6H,7H2,1-5H3. The molecule has 0 atom stereocenters. The molecule has 1 rings (SSSR count). The van der Waals surface area contributed by atoms with Crippen LogP contribution in [0.25, 0.3) is 0 Å². The second-order valence-corrected chi connectivity index (χ2v) is 10.0. The maximum absolute atomic E-state index is 4.29. The maximum Gasteiger partial charge on any atom is 0.0948 e. The molecule has 0 aromatic carbocycles. The monoisotopic (exact) mass is 182 g/mol. The minimum absolute atomic E-state index is 0.993. The van der Waals surface area contributed by atoms with Gasteiger partial charge in [-0.3, -0.25) is 0 Å². The summed E-state index contributed by atoms with van der Waals surface area (Å²) in [6.45, 7) is 11.3. The van der Waals surface area contributed by atoms with Crippen molar-refractivity contribution in [1.82, 2.24) is 9.55 Å². The first kappa shape index (κ1) is 9.51. The van der Waals surface area contributed by atoms with E-state index in [1.54, 1.807) is 0 Å². The number of hydrogen-bond acceptors (Lipinski definition) is 1. The predicted molar refractivity (Wildman–Crippen MR) is 55.0 cm³/mol. The Kier molecular flexibility index (Phi) is 2.42. The number of nitrogens with zero attached hydrogens (tertiary/aromatic N) is 2. The summed E-state index contributed by atoms with van der Waals surface area (Å²) in [4.78, 5) is 4.29. The summed E-state index contributed by atoms with van der Waals surface area (Å²) in [5.74, 6) is 0. The van der Waals surface area contributed by atoms with E-state index >= 15 is 0 Å². The highest BCUT2D eigenvalue weighted by molar-refractivity contribution is 6.74. The molecule has 0 amide bonds. The second-order valence-electron chi connectivity index (χ2n) is 4.60. The molecule has 0 spiro atoms. The van der Waals surface area contributed by atoms with E-state index in [4.69, 9.17) is 0 Å². The van der Waals surface area contributed by atoms with E-state index < -0.39 is 8.07 Å². The van der Waals surface area contributed by atoms with Crippen molar-refractivity contribution in [2.75, 3.05) is 0 Å². The van der Waals surface area contributed by atoms with Gasteiger partial charge in [-0.15, -0.1) is 0 Å². The van der Waals surface area contributed by atoms with E-state index in [9.17, 15) is 0 Å². The van der Waals surface area contributed by atoms with E-state index in [0.29, 0.717) is 0 Å². The van der Waals surface area contributed by atoms with Crippen molar-refractivity contribution in [3.05, 3.63) is 17.7 Å². The van der Waals surface area contributed by atoms with E-state index in [-0.39, 0.29) is 0 Å². The van der Waals surface area contributed by atoms with E-state index in [1.807, 2.05) is 6.33 Å². The molecular weight excluding hydrogens is 164 g/mol. The Morgan fingerprint density at radius 1 is 1.33 bits per heavy atom. The van der Waals surface area contributed by atoms with Gasteiger partial charge in [0.1, 0.15) is 0 Å². The number of imidazole rings is 1. The molecule has 68 valence electrons. The van der Waals surface area contributed by atoms with Crippen molar-refractivity contribution in [2.24, 2.45) is 0 Å². The van der Waals surface area contributed by atoms with E-state index in [2.05, 4.69) is 43.0 Å². The Bertz CT molecular complexity index is 271. The largest absolute Gasteiger partial charge is 0.338 e. The van der Waals surface area contributed by atoms with Crippen molar-refractivity contribution in [3.63, 3.8) is 0 Å². The topological polar surface area (TPSA) is 17.8 Å². The van der Waals surface area contributed by atoms with Crippen LogP contribution in [-0.2, 0) is 6.17 Å². The fourth-order valence-electron chi connectivity index (χ4n) is 1.21.